The lowest BCUT2D eigenvalue weighted by atomic mass is 9.86. The Bertz CT molecular complexity index is 956. The van der Waals surface area contributed by atoms with Crippen LogP contribution in [-0.2, 0) is 4.79 Å². The Hall–Kier alpha value is -3.07. The highest BCUT2D eigenvalue weighted by Crippen LogP contribution is 2.30. The minimum Gasteiger partial charge on any atom is -0.286 e. The van der Waals surface area contributed by atoms with Crippen molar-refractivity contribution in [3.8, 4) is 0 Å². The second-order valence-corrected chi connectivity index (χ2v) is 5.25. The number of hydrogen-bond acceptors (Lipinski definition) is 2. The summed E-state index contributed by atoms with van der Waals surface area (Å²) in [5, 5.41) is 0. The van der Waals surface area contributed by atoms with Gasteiger partial charge in [0, 0.05) is 23.8 Å². The molecule has 0 radical (unpaired) electrons. The second-order valence-electron chi connectivity index (χ2n) is 5.25. The number of fused-ring (bicyclic) bond motifs is 2. The van der Waals surface area contributed by atoms with Gasteiger partial charge in [-0.1, -0.05) is 30.3 Å². The average Bonchev–Trinajstić information content (AvgIpc) is 2.57. The van der Waals surface area contributed by atoms with E-state index in [1.54, 1.807) is 6.20 Å². The van der Waals surface area contributed by atoms with Gasteiger partial charge in [0.25, 0.3) is 0 Å². The maximum atomic E-state index is 12.2. The molecular formula is C19H12NO2+. The highest BCUT2D eigenvalue weighted by molar-refractivity contribution is 6.50. The molecule has 0 N–H and O–H groups in total. The molecule has 2 aromatic heterocycles. The Balaban J connectivity index is 2.04. The monoisotopic (exact) mass is 286 g/mol. The van der Waals surface area contributed by atoms with E-state index in [-0.39, 0.29) is 0 Å². The smallest absolute Gasteiger partial charge is 0.239 e. The molecule has 104 valence electrons. The second kappa shape index (κ2) is 4.74. The van der Waals surface area contributed by atoms with Gasteiger partial charge in [-0.05, 0) is 23.3 Å². The SMILES string of the molecule is O=C1C=C(c2ccccc2)c2cc3cccc[n+]3cc2C1=O. The number of carbonyl (C=O) groups excluding carboxylic acids is 2. The summed E-state index contributed by atoms with van der Waals surface area (Å²) < 4.78 is 1.86. The molecule has 0 unspecified atom stereocenters. The zero-order chi connectivity index (χ0) is 15.1. The molecule has 2 heterocycles. The molecule has 4 rings (SSSR count). The van der Waals surface area contributed by atoms with E-state index in [1.165, 1.54) is 6.08 Å². The van der Waals surface area contributed by atoms with E-state index in [1.807, 2.05) is 65.2 Å². The predicted molar refractivity (Wildman–Crippen MR) is 82.5 cm³/mol. The summed E-state index contributed by atoms with van der Waals surface area (Å²) >= 11 is 0. The Labute approximate surface area is 127 Å². The van der Waals surface area contributed by atoms with Crippen molar-refractivity contribution in [2.45, 2.75) is 0 Å². The largest absolute Gasteiger partial charge is 0.286 e. The Morgan fingerprint density at radius 1 is 0.818 bits per heavy atom. The minimum absolute atomic E-state index is 0.451. The topological polar surface area (TPSA) is 38.2 Å². The lowest BCUT2D eigenvalue weighted by Gasteiger charge is -2.15. The molecule has 0 saturated heterocycles. The molecule has 0 bridgehead atoms. The maximum Gasteiger partial charge on any atom is 0.239 e. The third-order valence-electron chi connectivity index (χ3n) is 3.89. The van der Waals surface area contributed by atoms with Crippen molar-refractivity contribution in [2.75, 3.05) is 0 Å². The molecule has 1 aliphatic carbocycles. The molecule has 1 aliphatic rings. The number of rotatable bonds is 1. The lowest BCUT2D eigenvalue weighted by Crippen LogP contribution is -2.27. The van der Waals surface area contributed by atoms with Crippen LogP contribution < -0.4 is 4.40 Å². The molecule has 0 saturated carbocycles. The van der Waals surface area contributed by atoms with Crippen molar-refractivity contribution >= 4 is 22.7 Å². The molecule has 3 heteroatoms. The van der Waals surface area contributed by atoms with E-state index in [0.717, 1.165) is 22.2 Å². The third-order valence-corrected chi connectivity index (χ3v) is 3.89. The fourth-order valence-electron chi connectivity index (χ4n) is 2.81. The van der Waals surface area contributed by atoms with Crippen molar-refractivity contribution in [3.63, 3.8) is 0 Å². The molecule has 3 nitrogen and oxygen atoms in total. The quantitative estimate of drug-likeness (QED) is 0.509. The zero-order valence-corrected chi connectivity index (χ0v) is 11.7. The summed E-state index contributed by atoms with van der Waals surface area (Å²) in [7, 11) is 0. The van der Waals surface area contributed by atoms with Crippen molar-refractivity contribution in [3.05, 3.63) is 89.8 Å². The van der Waals surface area contributed by atoms with E-state index < -0.39 is 11.6 Å². The van der Waals surface area contributed by atoms with Crippen LogP contribution in [0.4, 0.5) is 0 Å². The van der Waals surface area contributed by atoms with Crippen LogP contribution in [0, 0.1) is 0 Å². The van der Waals surface area contributed by atoms with Crippen molar-refractivity contribution in [1.29, 1.82) is 0 Å². The van der Waals surface area contributed by atoms with Crippen LogP contribution in [-0.4, -0.2) is 11.6 Å². The van der Waals surface area contributed by atoms with Crippen molar-refractivity contribution < 1.29 is 14.0 Å². The van der Waals surface area contributed by atoms with E-state index >= 15 is 0 Å². The lowest BCUT2D eigenvalue weighted by molar-refractivity contribution is -0.512. The summed E-state index contributed by atoms with van der Waals surface area (Å²) in [6.45, 7) is 0. The van der Waals surface area contributed by atoms with Crippen LogP contribution in [0.3, 0.4) is 0 Å². The van der Waals surface area contributed by atoms with Crippen LogP contribution in [0.2, 0.25) is 0 Å². The first kappa shape index (κ1) is 12.7. The van der Waals surface area contributed by atoms with Crippen LogP contribution in [0.1, 0.15) is 21.5 Å². The van der Waals surface area contributed by atoms with Gasteiger partial charge in [0.05, 0.1) is 5.56 Å². The number of allylic oxidation sites excluding steroid dienone is 1. The first-order chi connectivity index (χ1) is 10.7. The fraction of sp³-hybridized carbons (Fsp3) is 0. The zero-order valence-electron chi connectivity index (χ0n) is 11.7. The third kappa shape index (κ3) is 1.87. The van der Waals surface area contributed by atoms with Gasteiger partial charge in [-0.2, -0.15) is 4.40 Å². The van der Waals surface area contributed by atoms with Gasteiger partial charge in [-0.25, -0.2) is 0 Å². The van der Waals surface area contributed by atoms with Gasteiger partial charge < -0.3 is 0 Å². The molecule has 0 fully saturated rings. The Morgan fingerprint density at radius 3 is 2.41 bits per heavy atom. The molecule has 22 heavy (non-hydrogen) atoms. The first-order valence-electron chi connectivity index (χ1n) is 7.04. The summed E-state index contributed by atoms with van der Waals surface area (Å²) in [5.41, 5.74) is 3.97. The van der Waals surface area contributed by atoms with Gasteiger partial charge in [0.2, 0.25) is 17.1 Å². The molecular weight excluding hydrogens is 274 g/mol. The first-order valence-corrected chi connectivity index (χ1v) is 7.04. The van der Waals surface area contributed by atoms with E-state index in [9.17, 15) is 9.59 Å². The number of carbonyl (C=O) groups is 2. The van der Waals surface area contributed by atoms with Gasteiger partial charge in [-0.15, -0.1) is 0 Å². The fourth-order valence-corrected chi connectivity index (χ4v) is 2.81. The molecule has 0 spiro atoms. The summed E-state index contributed by atoms with van der Waals surface area (Å²) in [6, 6.07) is 17.4. The number of benzene rings is 1. The Kier molecular flexibility index (Phi) is 2.73. The van der Waals surface area contributed by atoms with Gasteiger partial charge in [0.15, 0.2) is 12.4 Å². The molecule has 0 amide bonds. The van der Waals surface area contributed by atoms with Gasteiger partial charge in [0.1, 0.15) is 0 Å². The summed E-state index contributed by atoms with van der Waals surface area (Å²) in [5.74, 6) is -0.921. The number of pyridine rings is 2. The van der Waals surface area contributed by atoms with Crippen molar-refractivity contribution in [1.82, 2.24) is 0 Å². The number of ketones is 2. The highest BCUT2D eigenvalue weighted by Gasteiger charge is 2.29. The average molecular weight is 286 g/mol. The normalized spacial score (nSPS) is 13.9. The van der Waals surface area contributed by atoms with Crippen molar-refractivity contribution in [2.24, 2.45) is 0 Å². The van der Waals surface area contributed by atoms with Crippen LogP contribution in [0.5, 0.6) is 0 Å². The minimum atomic E-state index is -0.470. The van der Waals surface area contributed by atoms with Gasteiger partial charge >= 0.3 is 0 Å². The van der Waals surface area contributed by atoms with E-state index in [4.69, 9.17) is 0 Å². The number of nitrogens with zero attached hydrogens (tertiary/aromatic N) is 1. The summed E-state index contributed by atoms with van der Waals surface area (Å²) in [4.78, 5) is 24.3. The number of aromatic nitrogens is 1. The Morgan fingerprint density at radius 2 is 1.59 bits per heavy atom. The van der Waals surface area contributed by atoms with Crippen LogP contribution in [0.25, 0.3) is 11.1 Å². The summed E-state index contributed by atoms with van der Waals surface area (Å²) in [6.07, 6.45) is 5.05. The maximum absolute atomic E-state index is 12.2. The predicted octanol–water partition coefficient (Wildman–Crippen LogP) is 2.62. The standard InChI is InChI=1S/C19H12NO2/c21-18-11-15(13-6-2-1-3-7-13)16-10-14-8-4-5-9-20(14)12-17(16)19(18)22/h1-12H/q+1. The number of hydrogen-bond donors (Lipinski definition) is 0. The molecule has 1 aromatic carbocycles. The highest BCUT2D eigenvalue weighted by atomic mass is 16.2. The van der Waals surface area contributed by atoms with Gasteiger partial charge in [-0.3, -0.25) is 9.59 Å². The van der Waals surface area contributed by atoms with Crippen LogP contribution in [0.15, 0.2) is 73.1 Å². The van der Waals surface area contributed by atoms with E-state index in [0.29, 0.717) is 5.56 Å². The molecule has 0 aliphatic heterocycles. The number of Topliss-reactive ketones (excluding diaryl/α,β-unsaturated/α-hetero) is 1. The molecule has 0 atom stereocenters. The molecule has 3 aromatic rings. The van der Waals surface area contributed by atoms with Crippen LogP contribution >= 0.6 is 0 Å². The van der Waals surface area contributed by atoms with E-state index in [2.05, 4.69) is 0 Å².